The first-order valence-electron chi connectivity index (χ1n) is 13.3. The van der Waals surface area contributed by atoms with Crippen LogP contribution in [0.4, 0.5) is 0 Å². The third kappa shape index (κ3) is 9.36. The second-order valence-corrected chi connectivity index (χ2v) is 11.3. The molecule has 0 saturated heterocycles. The van der Waals surface area contributed by atoms with Crippen molar-refractivity contribution in [2.75, 3.05) is 0 Å². The van der Waals surface area contributed by atoms with E-state index >= 15 is 0 Å². The molecule has 1 saturated carbocycles. The van der Waals surface area contributed by atoms with Crippen LogP contribution in [0.1, 0.15) is 123 Å². The Morgan fingerprint density at radius 2 is 1.67 bits per heavy atom. The topological polar surface area (TPSA) is 112 Å². The number of nitrogens with zero attached hydrogens (tertiary/aromatic N) is 3. The van der Waals surface area contributed by atoms with Crippen molar-refractivity contribution in [3.05, 3.63) is 11.9 Å². The van der Waals surface area contributed by atoms with Gasteiger partial charge in [-0.15, -0.1) is 5.10 Å². The number of aryl methyl sites for hydroxylation is 2. The van der Waals surface area contributed by atoms with Gasteiger partial charge in [0.2, 0.25) is 5.91 Å². The molecule has 0 aliphatic heterocycles. The summed E-state index contributed by atoms with van der Waals surface area (Å²) in [5, 5.41) is 11.7. The number of rotatable bonds is 14. The molecule has 1 aromatic rings. The molecule has 5 N–H and O–H groups in total. The van der Waals surface area contributed by atoms with E-state index in [-0.39, 0.29) is 11.4 Å². The summed E-state index contributed by atoms with van der Waals surface area (Å²) in [7, 11) is 0. The summed E-state index contributed by atoms with van der Waals surface area (Å²) in [4.78, 5) is 12.8. The second-order valence-electron chi connectivity index (χ2n) is 11.3. The van der Waals surface area contributed by atoms with Crippen LogP contribution in [0.3, 0.4) is 0 Å². The van der Waals surface area contributed by atoms with Gasteiger partial charge in [-0.05, 0) is 52.9 Å². The van der Waals surface area contributed by atoms with E-state index in [2.05, 4.69) is 29.5 Å². The van der Waals surface area contributed by atoms with Crippen LogP contribution in [0, 0.1) is 0 Å². The zero-order valence-electron chi connectivity index (χ0n) is 21.8. The molecule has 0 radical (unpaired) electrons. The van der Waals surface area contributed by atoms with Gasteiger partial charge in [-0.2, -0.15) is 0 Å². The van der Waals surface area contributed by atoms with Crippen LogP contribution in [0.5, 0.6) is 0 Å². The van der Waals surface area contributed by atoms with Crippen molar-refractivity contribution in [3.63, 3.8) is 0 Å². The van der Waals surface area contributed by atoms with Gasteiger partial charge in [-0.25, -0.2) is 0 Å². The molecule has 0 aromatic carbocycles. The lowest BCUT2D eigenvalue weighted by atomic mass is 9.73. The standard InChI is InChI=1S/C26H50N6O/c1-5-6-7-8-9-10-11-12-13-19-32-20-22(30-31-32)15-16-23(33)29-26(4)21-24(2,27)17-14-18-25(26,3)28/h20H,5-19,21,27-28H2,1-4H3,(H,29,33). The fourth-order valence-electron chi connectivity index (χ4n) is 5.18. The quantitative estimate of drug-likeness (QED) is 0.276. The summed E-state index contributed by atoms with van der Waals surface area (Å²) in [6, 6.07) is 0. The van der Waals surface area contributed by atoms with Crippen LogP contribution < -0.4 is 16.8 Å². The minimum absolute atomic E-state index is 0.000335. The van der Waals surface area contributed by atoms with Crippen LogP contribution in [0.2, 0.25) is 0 Å². The van der Waals surface area contributed by atoms with E-state index in [1.807, 2.05) is 24.7 Å². The summed E-state index contributed by atoms with van der Waals surface area (Å²) < 4.78 is 1.91. The summed E-state index contributed by atoms with van der Waals surface area (Å²) in [6.07, 6.45) is 18.2. The van der Waals surface area contributed by atoms with Gasteiger partial charge in [-0.3, -0.25) is 9.48 Å². The smallest absolute Gasteiger partial charge is 0.220 e. The van der Waals surface area contributed by atoms with E-state index in [1.54, 1.807) is 0 Å². The minimum Gasteiger partial charge on any atom is -0.349 e. The molecule has 7 heteroatoms. The molecule has 1 aliphatic rings. The maximum absolute atomic E-state index is 12.8. The van der Waals surface area contributed by atoms with Gasteiger partial charge < -0.3 is 16.8 Å². The molecule has 1 aliphatic carbocycles. The van der Waals surface area contributed by atoms with E-state index in [9.17, 15) is 4.79 Å². The number of unbranched alkanes of at least 4 members (excludes halogenated alkanes) is 8. The molecule has 1 fully saturated rings. The maximum Gasteiger partial charge on any atom is 0.220 e. The van der Waals surface area contributed by atoms with Crippen LogP contribution in [-0.2, 0) is 17.8 Å². The summed E-state index contributed by atoms with van der Waals surface area (Å²) in [5.74, 6) is 0.000335. The first-order chi connectivity index (χ1) is 15.6. The Balaban J connectivity index is 1.70. The van der Waals surface area contributed by atoms with Gasteiger partial charge in [-0.1, -0.05) is 63.5 Å². The molecule has 1 heterocycles. The van der Waals surface area contributed by atoms with Crippen LogP contribution in [-0.4, -0.2) is 37.5 Å². The average Bonchev–Trinajstić information content (AvgIpc) is 3.15. The highest BCUT2D eigenvalue weighted by Gasteiger charge is 2.48. The van der Waals surface area contributed by atoms with Crippen molar-refractivity contribution in [2.24, 2.45) is 11.5 Å². The van der Waals surface area contributed by atoms with E-state index < -0.39 is 11.1 Å². The molecule has 1 aromatic heterocycles. The maximum atomic E-state index is 12.8. The number of carbonyl (C=O) groups excluding carboxylic acids is 1. The molecule has 0 spiro atoms. The fourth-order valence-corrected chi connectivity index (χ4v) is 5.18. The Bertz CT molecular complexity index is 713. The zero-order chi connectivity index (χ0) is 24.4. The predicted octanol–water partition coefficient (Wildman–Crippen LogP) is 4.63. The van der Waals surface area contributed by atoms with Crippen molar-refractivity contribution in [1.29, 1.82) is 0 Å². The largest absolute Gasteiger partial charge is 0.349 e. The van der Waals surface area contributed by atoms with Crippen molar-refractivity contribution >= 4 is 5.91 Å². The van der Waals surface area contributed by atoms with Crippen molar-refractivity contribution in [3.8, 4) is 0 Å². The van der Waals surface area contributed by atoms with Crippen LogP contribution in [0.15, 0.2) is 6.20 Å². The molecule has 7 nitrogen and oxygen atoms in total. The number of amides is 1. The molecule has 1 amide bonds. The highest BCUT2D eigenvalue weighted by atomic mass is 16.1. The number of nitrogens with one attached hydrogen (secondary N) is 1. The normalized spacial score (nSPS) is 27.9. The predicted molar refractivity (Wildman–Crippen MR) is 136 cm³/mol. The molecular formula is C26H50N6O. The highest BCUT2D eigenvalue weighted by molar-refractivity contribution is 5.77. The number of nitrogens with two attached hydrogens (primary N) is 2. The van der Waals surface area contributed by atoms with Gasteiger partial charge in [0.15, 0.2) is 0 Å². The minimum atomic E-state index is -0.530. The summed E-state index contributed by atoms with van der Waals surface area (Å²) in [6.45, 7) is 9.30. The Morgan fingerprint density at radius 1 is 1.03 bits per heavy atom. The Morgan fingerprint density at radius 3 is 2.33 bits per heavy atom. The molecule has 2 rings (SSSR count). The monoisotopic (exact) mass is 462 g/mol. The van der Waals surface area contributed by atoms with Gasteiger partial charge >= 0.3 is 0 Å². The first-order valence-corrected chi connectivity index (χ1v) is 13.3. The zero-order valence-corrected chi connectivity index (χ0v) is 21.8. The summed E-state index contributed by atoms with van der Waals surface area (Å²) in [5.41, 5.74) is 12.7. The van der Waals surface area contributed by atoms with E-state index in [4.69, 9.17) is 11.5 Å². The number of hydrogen-bond acceptors (Lipinski definition) is 5. The molecule has 190 valence electrons. The SMILES string of the molecule is CCCCCCCCCCCn1cc(CCC(=O)NC2(C)CC(C)(N)CCCC2(C)N)nn1. The summed E-state index contributed by atoms with van der Waals surface area (Å²) >= 11 is 0. The molecule has 33 heavy (non-hydrogen) atoms. The van der Waals surface area contributed by atoms with Gasteiger partial charge in [0.05, 0.1) is 11.2 Å². The lowest BCUT2D eigenvalue weighted by Crippen LogP contribution is -2.67. The van der Waals surface area contributed by atoms with E-state index in [0.29, 0.717) is 19.3 Å². The van der Waals surface area contributed by atoms with Crippen LogP contribution >= 0.6 is 0 Å². The second kappa shape index (κ2) is 12.8. The van der Waals surface area contributed by atoms with E-state index in [0.717, 1.165) is 37.9 Å². The van der Waals surface area contributed by atoms with Gasteiger partial charge in [0, 0.05) is 36.7 Å². The lowest BCUT2D eigenvalue weighted by molar-refractivity contribution is -0.124. The molecule has 3 atom stereocenters. The Labute approximate surface area is 201 Å². The Hall–Kier alpha value is -1.47. The molecular weight excluding hydrogens is 412 g/mol. The number of hydrogen-bond donors (Lipinski definition) is 3. The van der Waals surface area contributed by atoms with Gasteiger partial charge in [0.25, 0.3) is 0 Å². The Kier molecular flexibility index (Phi) is 10.8. The number of aromatic nitrogens is 3. The van der Waals surface area contributed by atoms with Crippen molar-refractivity contribution < 1.29 is 4.79 Å². The first kappa shape index (κ1) is 27.8. The third-order valence-electron chi connectivity index (χ3n) is 7.56. The average molecular weight is 463 g/mol. The van der Waals surface area contributed by atoms with Crippen molar-refractivity contribution in [2.45, 2.75) is 147 Å². The molecule has 0 bridgehead atoms. The van der Waals surface area contributed by atoms with Crippen LogP contribution in [0.25, 0.3) is 0 Å². The third-order valence-corrected chi connectivity index (χ3v) is 7.56. The lowest BCUT2D eigenvalue weighted by Gasteiger charge is -2.46. The molecule has 3 unspecified atom stereocenters. The van der Waals surface area contributed by atoms with Crippen molar-refractivity contribution in [1.82, 2.24) is 20.3 Å². The highest BCUT2D eigenvalue weighted by Crippen LogP contribution is 2.37. The fraction of sp³-hybridized carbons (Fsp3) is 0.885. The number of carbonyl (C=O) groups is 1. The van der Waals surface area contributed by atoms with E-state index in [1.165, 1.54) is 51.4 Å². The van der Waals surface area contributed by atoms with Gasteiger partial charge in [0.1, 0.15) is 0 Å².